The first-order valence-electron chi connectivity index (χ1n) is 8.22. The summed E-state index contributed by atoms with van der Waals surface area (Å²) >= 11 is 0. The molecule has 0 saturated carbocycles. The third kappa shape index (κ3) is 4.36. The molecule has 0 atom stereocenters. The second kappa shape index (κ2) is 8.62. The van der Waals surface area contributed by atoms with Crippen molar-refractivity contribution in [2.24, 2.45) is 0 Å². The summed E-state index contributed by atoms with van der Waals surface area (Å²) in [5, 5.41) is 0. The standard InChI is InChI=1S/C22H18O4/c23-13-19-11-21(25-15-17-7-3-1-4-8-17)12-20(14-24)22(19)26-16-18-9-5-2-6-10-18/h1-14H,15-16H2. The van der Waals surface area contributed by atoms with Crippen molar-refractivity contribution in [3.05, 3.63) is 95.1 Å². The average molecular weight is 346 g/mol. The van der Waals surface area contributed by atoms with Crippen LogP contribution in [0.2, 0.25) is 0 Å². The van der Waals surface area contributed by atoms with Crippen LogP contribution in [0.4, 0.5) is 0 Å². The lowest BCUT2D eigenvalue weighted by molar-refractivity contribution is 0.111. The summed E-state index contributed by atoms with van der Waals surface area (Å²) in [6.07, 6.45) is 1.34. The summed E-state index contributed by atoms with van der Waals surface area (Å²) in [4.78, 5) is 23.0. The van der Waals surface area contributed by atoms with E-state index >= 15 is 0 Å². The fourth-order valence-corrected chi connectivity index (χ4v) is 2.54. The number of hydrogen-bond acceptors (Lipinski definition) is 4. The highest BCUT2D eigenvalue weighted by molar-refractivity contribution is 5.89. The Morgan fingerprint density at radius 3 is 1.58 bits per heavy atom. The molecule has 0 bridgehead atoms. The maximum absolute atomic E-state index is 11.5. The number of carbonyl (C=O) groups excluding carboxylic acids is 2. The Hall–Kier alpha value is -3.40. The van der Waals surface area contributed by atoms with Gasteiger partial charge in [-0.15, -0.1) is 0 Å². The highest BCUT2D eigenvalue weighted by atomic mass is 16.5. The van der Waals surface area contributed by atoms with Crippen LogP contribution >= 0.6 is 0 Å². The van der Waals surface area contributed by atoms with Gasteiger partial charge in [-0.05, 0) is 23.3 Å². The zero-order valence-corrected chi connectivity index (χ0v) is 14.1. The van der Waals surface area contributed by atoms with Crippen molar-refractivity contribution in [2.45, 2.75) is 13.2 Å². The van der Waals surface area contributed by atoms with E-state index in [9.17, 15) is 9.59 Å². The molecule has 0 unspecified atom stereocenters. The molecule has 3 aromatic rings. The molecule has 0 amide bonds. The van der Waals surface area contributed by atoms with Crippen molar-refractivity contribution in [3.8, 4) is 11.5 Å². The number of benzene rings is 3. The number of hydrogen-bond donors (Lipinski definition) is 0. The second-order valence-electron chi connectivity index (χ2n) is 5.72. The van der Waals surface area contributed by atoms with Gasteiger partial charge in [0, 0.05) is 0 Å². The van der Waals surface area contributed by atoms with Crippen LogP contribution in [0.15, 0.2) is 72.8 Å². The zero-order chi connectivity index (χ0) is 18.2. The van der Waals surface area contributed by atoms with Crippen molar-refractivity contribution in [1.82, 2.24) is 0 Å². The van der Waals surface area contributed by atoms with Crippen LogP contribution in [0.25, 0.3) is 0 Å². The van der Waals surface area contributed by atoms with Crippen LogP contribution in [-0.2, 0) is 13.2 Å². The van der Waals surface area contributed by atoms with Gasteiger partial charge in [-0.25, -0.2) is 0 Å². The van der Waals surface area contributed by atoms with Crippen LogP contribution in [0.1, 0.15) is 31.8 Å². The number of carbonyl (C=O) groups is 2. The Labute approximate surface area is 152 Å². The van der Waals surface area contributed by atoms with Gasteiger partial charge in [-0.2, -0.15) is 0 Å². The second-order valence-corrected chi connectivity index (χ2v) is 5.72. The van der Waals surface area contributed by atoms with E-state index in [0.29, 0.717) is 24.9 Å². The molecule has 0 saturated heterocycles. The first-order chi connectivity index (χ1) is 12.8. The zero-order valence-electron chi connectivity index (χ0n) is 14.1. The average Bonchev–Trinajstić information content (AvgIpc) is 2.72. The third-order valence-corrected chi connectivity index (χ3v) is 3.85. The molecule has 3 aromatic carbocycles. The molecule has 0 fully saturated rings. The molecule has 0 radical (unpaired) electrons. The topological polar surface area (TPSA) is 52.6 Å². The number of rotatable bonds is 8. The molecular formula is C22H18O4. The summed E-state index contributed by atoms with van der Waals surface area (Å²) in [6.45, 7) is 0.619. The van der Waals surface area contributed by atoms with Gasteiger partial charge in [0.15, 0.2) is 12.6 Å². The van der Waals surface area contributed by atoms with E-state index in [1.54, 1.807) is 12.1 Å². The van der Waals surface area contributed by atoms with E-state index < -0.39 is 0 Å². The van der Waals surface area contributed by atoms with Gasteiger partial charge in [0.2, 0.25) is 0 Å². The summed E-state index contributed by atoms with van der Waals surface area (Å²) in [5.74, 6) is 0.719. The molecule has 130 valence electrons. The molecule has 4 heteroatoms. The van der Waals surface area contributed by atoms with E-state index in [1.807, 2.05) is 60.7 Å². The van der Waals surface area contributed by atoms with E-state index in [-0.39, 0.29) is 23.5 Å². The molecule has 0 aliphatic carbocycles. The van der Waals surface area contributed by atoms with Crippen LogP contribution < -0.4 is 9.47 Å². The summed E-state index contributed by atoms with van der Waals surface area (Å²) in [6, 6.07) is 22.4. The van der Waals surface area contributed by atoms with Crippen LogP contribution in [-0.4, -0.2) is 12.6 Å². The lowest BCUT2D eigenvalue weighted by Crippen LogP contribution is -2.03. The lowest BCUT2D eigenvalue weighted by atomic mass is 10.1. The van der Waals surface area contributed by atoms with Gasteiger partial charge in [0.1, 0.15) is 24.7 Å². The first-order valence-corrected chi connectivity index (χ1v) is 8.22. The minimum absolute atomic E-state index is 0.269. The third-order valence-electron chi connectivity index (χ3n) is 3.85. The van der Waals surface area contributed by atoms with Crippen molar-refractivity contribution in [2.75, 3.05) is 0 Å². The molecule has 3 rings (SSSR count). The van der Waals surface area contributed by atoms with E-state index in [0.717, 1.165) is 11.1 Å². The maximum atomic E-state index is 11.5. The molecular weight excluding hydrogens is 328 g/mol. The van der Waals surface area contributed by atoms with Crippen LogP contribution in [0.5, 0.6) is 11.5 Å². The predicted molar refractivity (Wildman–Crippen MR) is 98.8 cm³/mol. The summed E-state index contributed by atoms with van der Waals surface area (Å²) in [5.41, 5.74) is 2.52. The minimum atomic E-state index is 0.269. The quantitative estimate of drug-likeness (QED) is 0.565. The van der Waals surface area contributed by atoms with E-state index in [4.69, 9.17) is 9.47 Å². The summed E-state index contributed by atoms with van der Waals surface area (Å²) < 4.78 is 11.5. The Morgan fingerprint density at radius 2 is 1.12 bits per heavy atom. The SMILES string of the molecule is O=Cc1cc(OCc2ccccc2)cc(C=O)c1OCc1ccccc1. The van der Waals surface area contributed by atoms with Gasteiger partial charge in [-0.1, -0.05) is 60.7 Å². The Balaban J connectivity index is 1.79. The first kappa shape index (κ1) is 17.4. The van der Waals surface area contributed by atoms with Crippen LogP contribution in [0, 0.1) is 0 Å². The molecule has 26 heavy (non-hydrogen) atoms. The van der Waals surface area contributed by atoms with Gasteiger partial charge in [0.25, 0.3) is 0 Å². The van der Waals surface area contributed by atoms with Gasteiger partial charge in [-0.3, -0.25) is 9.59 Å². The highest BCUT2D eigenvalue weighted by Crippen LogP contribution is 2.29. The molecule has 4 nitrogen and oxygen atoms in total. The van der Waals surface area contributed by atoms with Crippen molar-refractivity contribution < 1.29 is 19.1 Å². The van der Waals surface area contributed by atoms with Gasteiger partial charge >= 0.3 is 0 Å². The van der Waals surface area contributed by atoms with Gasteiger partial charge in [0.05, 0.1) is 11.1 Å². The monoisotopic (exact) mass is 346 g/mol. The number of ether oxygens (including phenoxy) is 2. The molecule has 0 aliphatic rings. The molecule has 0 spiro atoms. The fraction of sp³-hybridized carbons (Fsp3) is 0.0909. The van der Waals surface area contributed by atoms with E-state index in [1.165, 1.54) is 0 Å². The molecule has 0 heterocycles. The molecule has 0 aromatic heterocycles. The molecule has 0 N–H and O–H groups in total. The van der Waals surface area contributed by atoms with Crippen molar-refractivity contribution in [1.29, 1.82) is 0 Å². The maximum Gasteiger partial charge on any atom is 0.153 e. The Kier molecular flexibility index (Phi) is 5.78. The van der Waals surface area contributed by atoms with Crippen molar-refractivity contribution >= 4 is 12.6 Å². The lowest BCUT2D eigenvalue weighted by Gasteiger charge is -2.14. The predicted octanol–water partition coefficient (Wildman–Crippen LogP) is 4.47. The minimum Gasteiger partial charge on any atom is -0.489 e. The smallest absolute Gasteiger partial charge is 0.153 e. The fourth-order valence-electron chi connectivity index (χ4n) is 2.54. The largest absolute Gasteiger partial charge is 0.489 e. The Bertz CT molecular complexity index is 844. The number of aldehydes is 2. The van der Waals surface area contributed by atoms with Gasteiger partial charge < -0.3 is 9.47 Å². The van der Waals surface area contributed by atoms with E-state index in [2.05, 4.69) is 0 Å². The normalized spacial score (nSPS) is 10.2. The summed E-state index contributed by atoms with van der Waals surface area (Å²) in [7, 11) is 0. The highest BCUT2D eigenvalue weighted by Gasteiger charge is 2.13. The Morgan fingerprint density at radius 1 is 0.654 bits per heavy atom. The van der Waals surface area contributed by atoms with Crippen LogP contribution in [0.3, 0.4) is 0 Å². The molecule has 0 aliphatic heterocycles. The van der Waals surface area contributed by atoms with Crippen molar-refractivity contribution in [3.63, 3.8) is 0 Å².